The van der Waals surface area contributed by atoms with Crippen molar-refractivity contribution in [2.24, 2.45) is 0 Å². The zero-order valence-electron chi connectivity index (χ0n) is 6.59. The van der Waals surface area contributed by atoms with E-state index < -0.39 is 17.3 Å². The summed E-state index contributed by atoms with van der Waals surface area (Å²) in [4.78, 5) is 21.0. The van der Waals surface area contributed by atoms with E-state index in [0.29, 0.717) is 6.42 Å². The zero-order valence-corrected chi connectivity index (χ0v) is 7.35. The van der Waals surface area contributed by atoms with Crippen LogP contribution in [0, 0.1) is 0 Å². The van der Waals surface area contributed by atoms with E-state index in [1.807, 2.05) is 6.92 Å². The molecule has 0 radical (unpaired) electrons. The summed E-state index contributed by atoms with van der Waals surface area (Å²) in [7, 11) is 0. The Balaban J connectivity index is 3.89. The molecule has 0 heterocycles. The molecule has 0 fully saturated rings. The van der Waals surface area contributed by atoms with Crippen LogP contribution in [0.15, 0.2) is 0 Å². The highest BCUT2D eigenvalue weighted by Crippen LogP contribution is 2.05. The van der Waals surface area contributed by atoms with E-state index in [-0.39, 0.29) is 0 Å². The van der Waals surface area contributed by atoms with Crippen molar-refractivity contribution in [2.75, 3.05) is 0 Å². The fourth-order valence-electron chi connectivity index (χ4n) is 0.681. The first-order valence-electron chi connectivity index (χ1n) is 3.44. The second-order valence-electron chi connectivity index (χ2n) is 2.19. The molecule has 4 heteroatoms. The van der Waals surface area contributed by atoms with E-state index in [0.717, 1.165) is 6.42 Å². The number of hydrogen-bond acceptors (Lipinski definition) is 3. The third-order valence-electron chi connectivity index (χ3n) is 1.11. The highest BCUT2D eigenvalue weighted by molar-refractivity contribution is 6.64. The Morgan fingerprint density at radius 2 is 2.09 bits per heavy atom. The predicted molar refractivity (Wildman–Crippen MR) is 41.3 cm³/mol. The summed E-state index contributed by atoms with van der Waals surface area (Å²) in [6.07, 6.45) is 0.484. The van der Waals surface area contributed by atoms with Crippen molar-refractivity contribution in [1.29, 1.82) is 0 Å². The highest BCUT2D eigenvalue weighted by atomic mass is 35.5. The van der Waals surface area contributed by atoms with Gasteiger partial charge in [0.15, 0.2) is 6.10 Å². The maximum atomic E-state index is 10.6. The van der Waals surface area contributed by atoms with Gasteiger partial charge in [0.1, 0.15) is 0 Å². The SMILES string of the molecule is CCC[C@H](OC(C)=O)C(=O)Cl. The maximum absolute atomic E-state index is 10.6. The van der Waals surface area contributed by atoms with Crippen LogP contribution >= 0.6 is 11.6 Å². The second-order valence-corrected chi connectivity index (χ2v) is 2.56. The van der Waals surface area contributed by atoms with Gasteiger partial charge in [-0.1, -0.05) is 13.3 Å². The van der Waals surface area contributed by atoms with Gasteiger partial charge in [-0.3, -0.25) is 9.59 Å². The molecular weight excluding hydrogens is 168 g/mol. The summed E-state index contributed by atoms with van der Waals surface area (Å²) in [6, 6.07) is 0. The van der Waals surface area contributed by atoms with Crippen molar-refractivity contribution in [1.82, 2.24) is 0 Å². The van der Waals surface area contributed by atoms with Crippen LogP contribution in [0.2, 0.25) is 0 Å². The normalized spacial score (nSPS) is 12.3. The van der Waals surface area contributed by atoms with Crippen molar-refractivity contribution >= 4 is 22.8 Å². The summed E-state index contributed by atoms with van der Waals surface area (Å²) in [5, 5.41) is -0.609. The molecule has 0 bridgehead atoms. The minimum Gasteiger partial charge on any atom is -0.453 e. The lowest BCUT2D eigenvalue weighted by Gasteiger charge is -2.10. The summed E-state index contributed by atoms with van der Waals surface area (Å²) < 4.78 is 4.63. The molecule has 0 aliphatic heterocycles. The zero-order chi connectivity index (χ0) is 8.85. The van der Waals surface area contributed by atoms with Gasteiger partial charge >= 0.3 is 5.97 Å². The van der Waals surface area contributed by atoms with Crippen molar-refractivity contribution in [3.63, 3.8) is 0 Å². The largest absolute Gasteiger partial charge is 0.453 e. The predicted octanol–water partition coefficient (Wildman–Crippen LogP) is 1.48. The molecule has 0 unspecified atom stereocenters. The van der Waals surface area contributed by atoms with Crippen molar-refractivity contribution in [2.45, 2.75) is 32.8 Å². The molecule has 0 aliphatic carbocycles. The van der Waals surface area contributed by atoms with E-state index in [1.165, 1.54) is 6.92 Å². The van der Waals surface area contributed by atoms with Gasteiger partial charge < -0.3 is 4.74 Å². The molecular formula is C7H11ClO3. The van der Waals surface area contributed by atoms with Gasteiger partial charge in [-0.15, -0.1) is 0 Å². The fourth-order valence-corrected chi connectivity index (χ4v) is 0.835. The van der Waals surface area contributed by atoms with Crippen LogP contribution < -0.4 is 0 Å². The number of carbonyl (C=O) groups is 2. The van der Waals surface area contributed by atoms with Crippen LogP contribution in [-0.2, 0) is 14.3 Å². The number of halogens is 1. The Morgan fingerprint density at radius 3 is 2.36 bits per heavy atom. The van der Waals surface area contributed by atoms with Crippen molar-refractivity contribution < 1.29 is 14.3 Å². The van der Waals surface area contributed by atoms with Gasteiger partial charge in [0.2, 0.25) is 0 Å². The van der Waals surface area contributed by atoms with Gasteiger partial charge in [-0.2, -0.15) is 0 Å². The number of hydrogen-bond donors (Lipinski definition) is 0. The standard InChI is InChI=1S/C7H11ClO3/c1-3-4-6(7(8)10)11-5(2)9/h6H,3-4H2,1-2H3/t6-/m0/s1. The van der Waals surface area contributed by atoms with Crippen LogP contribution in [-0.4, -0.2) is 17.3 Å². The smallest absolute Gasteiger partial charge is 0.303 e. The molecule has 0 aromatic heterocycles. The van der Waals surface area contributed by atoms with Crippen molar-refractivity contribution in [3.05, 3.63) is 0 Å². The van der Waals surface area contributed by atoms with Gasteiger partial charge in [0, 0.05) is 6.92 Å². The third kappa shape index (κ3) is 4.79. The fraction of sp³-hybridized carbons (Fsp3) is 0.714. The van der Waals surface area contributed by atoms with E-state index in [2.05, 4.69) is 4.74 Å². The van der Waals surface area contributed by atoms with E-state index in [9.17, 15) is 9.59 Å². The lowest BCUT2D eigenvalue weighted by molar-refractivity contribution is -0.150. The molecule has 0 amide bonds. The minimum atomic E-state index is -0.765. The molecule has 0 spiro atoms. The van der Waals surface area contributed by atoms with Crippen molar-refractivity contribution in [3.8, 4) is 0 Å². The number of rotatable bonds is 4. The lowest BCUT2D eigenvalue weighted by Crippen LogP contribution is -2.22. The number of ether oxygens (including phenoxy) is 1. The Kier molecular flexibility index (Phi) is 4.86. The summed E-state index contributed by atoms with van der Waals surface area (Å²) in [6.45, 7) is 3.14. The van der Waals surface area contributed by atoms with Gasteiger partial charge in [-0.05, 0) is 18.0 Å². The van der Waals surface area contributed by atoms with Crippen LogP contribution in [0.1, 0.15) is 26.7 Å². The molecule has 0 N–H and O–H groups in total. The quantitative estimate of drug-likeness (QED) is 0.484. The lowest BCUT2D eigenvalue weighted by atomic mass is 10.2. The molecule has 0 aromatic carbocycles. The third-order valence-corrected chi connectivity index (χ3v) is 1.36. The Morgan fingerprint density at radius 1 is 1.55 bits per heavy atom. The molecule has 0 saturated carbocycles. The van der Waals surface area contributed by atoms with E-state index in [4.69, 9.17) is 11.6 Å². The first-order valence-corrected chi connectivity index (χ1v) is 3.82. The topological polar surface area (TPSA) is 43.4 Å². The molecule has 1 atom stereocenters. The first-order chi connectivity index (χ1) is 5.07. The monoisotopic (exact) mass is 178 g/mol. The van der Waals surface area contributed by atoms with E-state index >= 15 is 0 Å². The van der Waals surface area contributed by atoms with Crippen LogP contribution in [0.4, 0.5) is 0 Å². The molecule has 0 saturated heterocycles. The number of carbonyl (C=O) groups excluding carboxylic acids is 2. The molecule has 11 heavy (non-hydrogen) atoms. The van der Waals surface area contributed by atoms with Crippen LogP contribution in [0.3, 0.4) is 0 Å². The molecule has 0 aliphatic rings. The average Bonchev–Trinajstić information content (AvgIpc) is 1.86. The molecule has 3 nitrogen and oxygen atoms in total. The molecule has 0 rings (SSSR count). The Labute approximate surface area is 70.7 Å². The summed E-state index contributed by atoms with van der Waals surface area (Å²) in [5.41, 5.74) is 0. The maximum Gasteiger partial charge on any atom is 0.303 e. The van der Waals surface area contributed by atoms with Gasteiger partial charge in [0.05, 0.1) is 0 Å². The molecule has 64 valence electrons. The van der Waals surface area contributed by atoms with Crippen LogP contribution in [0.5, 0.6) is 0 Å². The highest BCUT2D eigenvalue weighted by Gasteiger charge is 2.17. The minimum absolute atomic E-state index is 0.475. The number of esters is 1. The summed E-state index contributed by atoms with van der Waals surface area (Å²) in [5.74, 6) is -0.475. The first kappa shape index (κ1) is 10.4. The van der Waals surface area contributed by atoms with Crippen LogP contribution in [0.25, 0.3) is 0 Å². The van der Waals surface area contributed by atoms with Gasteiger partial charge in [-0.25, -0.2) is 0 Å². The average molecular weight is 179 g/mol. The Hall–Kier alpha value is -0.570. The second kappa shape index (κ2) is 5.13. The Bertz CT molecular complexity index is 156. The van der Waals surface area contributed by atoms with Gasteiger partial charge in [0.25, 0.3) is 5.24 Å². The van der Waals surface area contributed by atoms with E-state index in [1.54, 1.807) is 0 Å². The summed E-state index contributed by atoms with van der Waals surface area (Å²) >= 11 is 5.15. The molecule has 0 aromatic rings.